The highest BCUT2D eigenvalue weighted by Crippen LogP contribution is 2.27. The van der Waals surface area contributed by atoms with Crippen LogP contribution in [-0.2, 0) is 4.79 Å². The molecule has 2 N–H and O–H groups in total. The summed E-state index contributed by atoms with van der Waals surface area (Å²) in [4.78, 5) is 10.9. The van der Waals surface area contributed by atoms with Crippen LogP contribution in [0.25, 0.3) is 10.8 Å². The topological polar surface area (TPSA) is 58.6 Å². The van der Waals surface area contributed by atoms with Gasteiger partial charge in [-0.25, -0.2) is 0 Å². The second kappa shape index (κ2) is 5.71. The van der Waals surface area contributed by atoms with Crippen LogP contribution in [0.4, 0.5) is 0 Å². The lowest BCUT2D eigenvalue weighted by molar-refractivity contribution is -0.119. The molecule has 0 radical (unpaired) electrons. The van der Waals surface area contributed by atoms with E-state index in [-0.39, 0.29) is 12.5 Å². The zero-order chi connectivity index (χ0) is 13.8. The molecule has 0 fully saturated rings. The van der Waals surface area contributed by atoms with E-state index in [2.05, 4.69) is 5.32 Å². The molecule has 4 heteroatoms. The quantitative estimate of drug-likeness (QED) is 0.883. The van der Waals surface area contributed by atoms with Gasteiger partial charge in [0.15, 0.2) is 0 Å². The standard InChI is InChI=1S/C15H17NO3/c1-10(17)16-9-15(18)13-5-3-4-11-6-7-12(19-2)8-14(11)13/h3-8,15,18H,9H2,1-2H3,(H,16,17)/t15-/m1/s1. The van der Waals surface area contributed by atoms with Gasteiger partial charge in [-0.15, -0.1) is 0 Å². The molecule has 1 amide bonds. The number of aliphatic hydroxyl groups is 1. The fourth-order valence-corrected chi connectivity index (χ4v) is 2.04. The molecular formula is C15H17NO3. The lowest BCUT2D eigenvalue weighted by Crippen LogP contribution is -2.25. The Kier molecular flexibility index (Phi) is 4.02. The molecule has 0 bridgehead atoms. The van der Waals surface area contributed by atoms with E-state index in [1.807, 2.05) is 36.4 Å². The van der Waals surface area contributed by atoms with Crippen molar-refractivity contribution in [2.24, 2.45) is 0 Å². The minimum Gasteiger partial charge on any atom is -0.497 e. The first-order valence-electron chi connectivity index (χ1n) is 6.11. The monoisotopic (exact) mass is 259 g/mol. The normalized spacial score (nSPS) is 12.2. The summed E-state index contributed by atoms with van der Waals surface area (Å²) in [5, 5.41) is 14.8. The van der Waals surface area contributed by atoms with Crippen molar-refractivity contribution in [1.29, 1.82) is 0 Å². The van der Waals surface area contributed by atoms with Crippen molar-refractivity contribution in [2.75, 3.05) is 13.7 Å². The summed E-state index contributed by atoms with van der Waals surface area (Å²) in [5.41, 5.74) is 0.783. The summed E-state index contributed by atoms with van der Waals surface area (Å²) >= 11 is 0. The summed E-state index contributed by atoms with van der Waals surface area (Å²) < 4.78 is 5.20. The van der Waals surface area contributed by atoms with Crippen molar-refractivity contribution in [3.63, 3.8) is 0 Å². The van der Waals surface area contributed by atoms with Crippen molar-refractivity contribution >= 4 is 16.7 Å². The maximum Gasteiger partial charge on any atom is 0.216 e. The molecule has 100 valence electrons. The molecule has 1 atom stereocenters. The zero-order valence-corrected chi connectivity index (χ0v) is 11.0. The van der Waals surface area contributed by atoms with Crippen LogP contribution in [0.2, 0.25) is 0 Å². The molecule has 0 saturated carbocycles. The van der Waals surface area contributed by atoms with E-state index in [0.29, 0.717) is 0 Å². The number of methoxy groups -OCH3 is 1. The lowest BCUT2D eigenvalue weighted by Gasteiger charge is -2.14. The lowest BCUT2D eigenvalue weighted by atomic mass is 10.00. The van der Waals surface area contributed by atoms with E-state index in [1.54, 1.807) is 7.11 Å². The molecule has 4 nitrogen and oxygen atoms in total. The number of ether oxygens (including phenoxy) is 1. The van der Waals surface area contributed by atoms with E-state index < -0.39 is 6.10 Å². The number of benzene rings is 2. The molecule has 0 aliphatic rings. The molecule has 0 aliphatic carbocycles. The van der Waals surface area contributed by atoms with Crippen LogP contribution in [0, 0.1) is 0 Å². The van der Waals surface area contributed by atoms with Crippen LogP contribution in [0.15, 0.2) is 36.4 Å². The van der Waals surface area contributed by atoms with Crippen LogP contribution < -0.4 is 10.1 Å². The third-order valence-electron chi connectivity index (χ3n) is 3.03. The Morgan fingerprint density at radius 1 is 1.37 bits per heavy atom. The molecule has 2 aromatic carbocycles. The highest BCUT2D eigenvalue weighted by molar-refractivity contribution is 5.87. The number of fused-ring (bicyclic) bond motifs is 1. The Balaban J connectivity index is 2.38. The third-order valence-corrected chi connectivity index (χ3v) is 3.03. The van der Waals surface area contributed by atoms with Gasteiger partial charge in [-0.2, -0.15) is 0 Å². The van der Waals surface area contributed by atoms with Crippen LogP contribution in [-0.4, -0.2) is 24.7 Å². The van der Waals surface area contributed by atoms with Gasteiger partial charge in [-0.3, -0.25) is 4.79 Å². The number of rotatable bonds is 4. The summed E-state index contributed by atoms with van der Waals surface area (Å²) in [7, 11) is 1.61. The third kappa shape index (κ3) is 3.03. The zero-order valence-electron chi connectivity index (χ0n) is 11.0. The molecule has 0 spiro atoms. The van der Waals surface area contributed by atoms with Crippen LogP contribution in [0.3, 0.4) is 0 Å². The van der Waals surface area contributed by atoms with Gasteiger partial charge in [-0.05, 0) is 28.5 Å². The van der Waals surface area contributed by atoms with Gasteiger partial charge < -0.3 is 15.2 Å². The van der Waals surface area contributed by atoms with E-state index in [9.17, 15) is 9.90 Å². The van der Waals surface area contributed by atoms with E-state index >= 15 is 0 Å². The van der Waals surface area contributed by atoms with Gasteiger partial charge in [0.05, 0.1) is 13.2 Å². The maximum atomic E-state index is 10.9. The Bertz CT molecular complexity index is 595. The first-order valence-corrected chi connectivity index (χ1v) is 6.11. The predicted octanol–water partition coefficient (Wildman–Crippen LogP) is 2.02. The molecule has 2 rings (SSSR count). The van der Waals surface area contributed by atoms with Gasteiger partial charge in [0.25, 0.3) is 0 Å². The van der Waals surface area contributed by atoms with Crippen molar-refractivity contribution < 1.29 is 14.6 Å². The average Bonchev–Trinajstić information content (AvgIpc) is 2.43. The van der Waals surface area contributed by atoms with Crippen LogP contribution >= 0.6 is 0 Å². The van der Waals surface area contributed by atoms with E-state index in [0.717, 1.165) is 22.1 Å². The number of hydrogen-bond donors (Lipinski definition) is 2. The Labute approximate surface area is 112 Å². The molecule has 0 unspecified atom stereocenters. The minimum absolute atomic E-state index is 0.156. The second-order valence-electron chi connectivity index (χ2n) is 4.39. The molecule has 0 heterocycles. The number of carbonyl (C=O) groups is 1. The van der Waals surface area contributed by atoms with Crippen molar-refractivity contribution in [1.82, 2.24) is 5.32 Å². The molecule has 19 heavy (non-hydrogen) atoms. The molecule has 0 aromatic heterocycles. The molecule has 0 saturated heterocycles. The molecule has 0 aliphatic heterocycles. The second-order valence-corrected chi connectivity index (χ2v) is 4.39. The van der Waals surface area contributed by atoms with Gasteiger partial charge >= 0.3 is 0 Å². The Morgan fingerprint density at radius 3 is 2.84 bits per heavy atom. The number of hydrogen-bond acceptors (Lipinski definition) is 3. The molecule has 2 aromatic rings. The fourth-order valence-electron chi connectivity index (χ4n) is 2.04. The minimum atomic E-state index is -0.736. The number of aliphatic hydroxyl groups excluding tert-OH is 1. The van der Waals surface area contributed by atoms with Gasteiger partial charge in [0.2, 0.25) is 5.91 Å². The number of nitrogens with one attached hydrogen (secondary N) is 1. The van der Waals surface area contributed by atoms with Gasteiger partial charge in [0.1, 0.15) is 5.75 Å². The predicted molar refractivity (Wildman–Crippen MR) is 74.1 cm³/mol. The fraction of sp³-hybridized carbons (Fsp3) is 0.267. The van der Waals surface area contributed by atoms with Gasteiger partial charge in [0, 0.05) is 13.5 Å². The number of carbonyl (C=O) groups excluding carboxylic acids is 1. The van der Waals surface area contributed by atoms with E-state index in [4.69, 9.17) is 4.74 Å². The van der Waals surface area contributed by atoms with Crippen LogP contribution in [0.1, 0.15) is 18.6 Å². The SMILES string of the molecule is COc1ccc2cccc([C@H](O)CNC(C)=O)c2c1. The highest BCUT2D eigenvalue weighted by atomic mass is 16.5. The van der Waals surface area contributed by atoms with Gasteiger partial charge in [-0.1, -0.05) is 24.3 Å². The first-order chi connectivity index (χ1) is 9.11. The van der Waals surface area contributed by atoms with Crippen molar-refractivity contribution in [3.8, 4) is 5.75 Å². The summed E-state index contributed by atoms with van der Waals surface area (Å²) in [6.45, 7) is 1.63. The summed E-state index contributed by atoms with van der Waals surface area (Å²) in [6.07, 6.45) is -0.736. The van der Waals surface area contributed by atoms with E-state index in [1.165, 1.54) is 6.92 Å². The summed E-state index contributed by atoms with van der Waals surface area (Å²) in [5.74, 6) is 0.587. The Hall–Kier alpha value is -2.07. The highest BCUT2D eigenvalue weighted by Gasteiger charge is 2.12. The maximum absolute atomic E-state index is 10.9. The average molecular weight is 259 g/mol. The number of amides is 1. The molecular weight excluding hydrogens is 242 g/mol. The van der Waals surface area contributed by atoms with Crippen molar-refractivity contribution in [2.45, 2.75) is 13.0 Å². The van der Waals surface area contributed by atoms with Crippen LogP contribution in [0.5, 0.6) is 5.75 Å². The summed E-state index contributed by atoms with van der Waals surface area (Å²) in [6, 6.07) is 11.4. The van der Waals surface area contributed by atoms with Crippen molar-refractivity contribution in [3.05, 3.63) is 42.0 Å². The smallest absolute Gasteiger partial charge is 0.216 e. The first kappa shape index (κ1) is 13.4. The largest absolute Gasteiger partial charge is 0.497 e. The Morgan fingerprint density at radius 2 is 2.16 bits per heavy atom.